The fraction of sp³-hybridized carbons (Fsp3) is 0.727. The molecule has 0 aromatic carbocycles. The van der Waals surface area contributed by atoms with E-state index in [1.54, 1.807) is 0 Å². The fourth-order valence-corrected chi connectivity index (χ4v) is 3.37. The zero-order valence-corrected chi connectivity index (χ0v) is 11.4. The minimum atomic E-state index is -2.85. The lowest BCUT2D eigenvalue weighted by Gasteiger charge is -2.16. The molecule has 0 amide bonds. The first-order valence-corrected chi connectivity index (χ1v) is 7.93. The summed E-state index contributed by atoms with van der Waals surface area (Å²) in [7, 11) is -0.991. The van der Waals surface area contributed by atoms with Gasteiger partial charge in [0.05, 0.1) is 23.7 Å². The molecule has 1 aliphatic rings. The van der Waals surface area contributed by atoms with Crippen molar-refractivity contribution in [2.24, 2.45) is 0 Å². The maximum absolute atomic E-state index is 11.5. The van der Waals surface area contributed by atoms with Crippen LogP contribution in [0, 0.1) is 0 Å². The third kappa shape index (κ3) is 3.79. The molecule has 18 heavy (non-hydrogen) atoms. The third-order valence-corrected chi connectivity index (χ3v) is 4.71. The minimum Gasteiger partial charge on any atom is -0.360 e. The van der Waals surface area contributed by atoms with Crippen LogP contribution in [0.5, 0.6) is 0 Å². The second kappa shape index (κ2) is 5.81. The Bertz CT molecular complexity index is 483. The summed E-state index contributed by atoms with van der Waals surface area (Å²) < 4.78 is 28.2. The predicted molar refractivity (Wildman–Crippen MR) is 67.8 cm³/mol. The van der Waals surface area contributed by atoms with Crippen LogP contribution in [0.25, 0.3) is 0 Å². The monoisotopic (exact) mass is 273 g/mol. The van der Waals surface area contributed by atoms with Crippen LogP contribution < -0.4 is 5.32 Å². The number of nitrogens with zero attached hydrogens (tertiary/aromatic N) is 2. The molecule has 1 N–H and O–H groups in total. The molecule has 1 saturated heterocycles. The molecule has 6 nitrogen and oxygen atoms in total. The van der Waals surface area contributed by atoms with Gasteiger partial charge in [0.1, 0.15) is 0 Å². The highest BCUT2D eigenvalue weighted by molar-refractivity contribution is 7.91. The van der Waals surface area contributed by atoms with Crippen LogP contribution in [0.1, 0.15) is 17.9 Å². The molecule has 2 rings (SSSR count). The first-order chi connectivity index (χ1) is 8.59. The largest absolute Gasteiger partial charge is 0.360 e. The Morgan fingerprint density at radius 1 is 1.44 bits per heavy atom. The van der Waals surface area contributed by atoms with E-state index in [9.17, 15) is 8.42 Å². The van der Waals surface area contributed by atoms with Gasteiger partial charge < -0.3 is 9.84 Å². The lowest BCUT2D eigenvalue weighted by atomic mass is 10.3. The summed E-state index contributed by atoms with van der Waals surface area (Å²) in [6.07, 6.45) is 0.694. The lowest BCUT2D eigenvalue weighted by Crippen LogP contribution is -2.26. The molecule has 0 spiro atoms. The van der Waals surface area contributed by atoms with Gasteiger partial charge in [-0.1, -0.05) is 5.16 Å². The van der Waals surface area contributed by atoms with Gasteiger partial charge in [-0.25, -0.2) is 8.42 Å². The van der Waals surface area contributed by atoms with E-state index >= 15 is 0 Å². The SMILES string of the molecule is CNCc1cc(CN2CCCS(=O)(=O)CC2)on1. The van der Waals surface area contributed by atoms with Crippen molar-refractivity contribution in [3.05, 3.63) is 17.5 Å². The number of hydrogen-bond acceptors (Lipinski definition) is 6. The lowest BCUT2D eigenvalue weighted by molar-refractivity contribution is 0.245. The predicted octanol–water partition coefficient (Wildman–Crippen LogP) is 0.0145. The van der Waals surface area contributed by atoms with Gasteiger partial charge in [0.15, 0.2) is 15.6 Å². The van der Waals surface area contributed by atoms with E-state index in [-0.39, 0.29) is 5.75 Å². The number of aromatic nitrogens is 1. The summed E-state index contributed by atoms with van der Waals surface area (Å²) >= 11 is 0. The van der Waals surface area contributed by atoms with E-state index in [4.69, 9.17) is 4.52 Å². The summed E-state index contributed by atoms with van der Waals surface area (Å²) in [5, 5.41) is 6.95. The Morgan fingerprint density at radius 2 is 2.28 bits per heavy atom. The van der Waals surface area contributed by atoms with Crippen LogP contribution in [0.15, 0.2) is 10.6 Å². The molecule has 0 aliphatic carbocycles. The Hall–Kier alpha value is -0.920. The van der Waals surface area contributed by atoms with Gasteiger partial charge in [-0.15, -0.1) is 0 Å². The van der Waals surface area contributed by atoms with E-state index in [1.165, 1.54) is 0 Å². The van der Waals surface area contributed by atoms with E-state index < -0.39 is 9.84 Å². The Morgan fingerprint density at radius 3 is 3.06 bits per heavy atom. The summed E-state index contributed by atoms with van der Waals surface area (Å²) in [5.74, 6) is 1.33. The van der Waals surface area contributed by atoms with Gasteiger partial charge in [0.25, 0.3) is 0 Å². The first-order valence-electron chi connectivity index (χ1n) is 6.11. The highest BCUT2D eigenvalue weighted by Gasteiger charge is 2.20. The molecule has 0 bridgehead atoms. The van der Waals surface area contributed by atoms with Crippen LogP contribution >= 0.6 is 0 Å². The zero-order chi connectivity index (χ0) is 13.0. The molecule has 7 heteroatoms. The molecule has 1 aliphatic heterocycles. The van der Waals surface area contributed by atoms with Gasteiger partial charge >= 0.3 is 0 Å². The molecule has 2 heterocycles. The topological polar surface area (TPSA) is 75.4 Å². The minimum absolute atomic E-state index is 0.241. The molecule has 0 radical (unpaired) electrons. The van der Waals surface area contributed by atoms with Gasteiger partial charge in [0, 0.05) is 19.2 Å². The van der Waals surface area contributed by atoms with E-state index in [0.29, 0.717) is 31.8 Å². The number of hydrogen-bond donors (Lipinski definition) is 1. The molecular weight excluding hydrogens is 254 g/mol. The third-order valence-electron chi connectivity index (χ3n) is 2.99. The second-order valence-corrected chi connectivity index (χ2v) is 6.90. The molecule has 0 atom stereocenters. The number of rotatable bonds is 4. The van der Waals surface area contributed by atoms with Crippen molar-refractivity contribution in [3.8, 4) is 0 Å². The number of sulfone groups is 1. The smallest absolute Gasteiger partial charge is 0.151 e. The Kier molecular flexibility index (Phi) is 4.36. The fourth-order valence-electron chi connectivity index (χ4n) is 2.06. The molecule has 0 unspecified atom stereocenters. The highest BCUT2D eigenvalue weighted by Crippen LogP contribution is 2.11. The van der Waals surface area contributed by atoms with Crippen LogP contribution in [0.3, 0.4) is 0 Å². The van der Waals surface area contributed by atoms with Crippen molar-refractivity contribution in [1.29, 1.82) is 0 Å². The maximum Gasteiger partial charge on any atom is 0.151 e. The Labute approximate surface area is 107 Å². The van der Waals surface area contributed by atoms with Crippen LogP contribution in [-0.4, -0.2) is 50.1 Å². The average molecular weight is 273 g/mol. The summed E-state index contributed by atoms with van der Waals surface area (Å²) in [6, 6.07) is 1.91. The summed E-state index contributed by atoms with van der Waals surface area (Å²) in [6.45, 7) is 2.68. The van der Waals surface area contributed by atoms with E-state index in [1.807, 2.05) is 13.1 Å². The van der Waals surface area contributed by atoms with Gasteiger partial charge in [-0.2, -0.15) is 0 Å². The molecule has 102 valence electrons. The van der Waals surface area contributed by atoms with Crippen molar-refractivity contribution < 1.29 is 12.9 Å². The molecule has 0 saturated carbocycles. The van der Waals surface area contributed by atoms with Crippen molar-refractivity contribution in [1.82, 2.24) is 15.4 Å². The maximum atomic E-state index is 11.5. The quantitative estimate of drug-likeness (QED) is 0.833. The van der Waals surface area contributed by atoms with Gasteiger partial charge in [-0.05, 0) is 20.0 Å². The van der Waals surface area contributed by atoms with Crippen LogP contribution in [-0.2, 0) is 22.9 Å². The Balaban J connectivity index is 1.92. The molecular formula is C11H19N3O3S. The van der Waals surface area contributed by atoms with E-state index in [2.05, 4.69) is 15.4 Å². The van der Waals surface area contributed by atoms with Crippen molar-refractivity contribution in [2.45, 2.75) is 19.5 Å². The van der Waals surface area contributed by atoms with Gasteiger partial charge in [0.2, 0.25) is 0 Å². The van der Waals surface area contributed by atoms with Crippen molar-refractivity contribution in [3.63, 3.8) is 0 Å². The highest BCUT2D eigenvalue weighted by atomic mass is 32.2. The normalized spacial score (nSPS) is 20.7. The molecule has 1 aromatic heterocycles. The van der Waals surface area contributed by atoms with E-state index in [0.717, 1.165) is 18.0 Å². The second-order valence-electron chi connectivity index (χ2n) is 4.60. The number of nitrogens with one attached hydrogen (secondary N) is 1. The van der Waals surface area contributed by atoms with Crippen LogP contribution in [0.2, 0.25) is 0 Å². The standard InChI is InChI=1S/C11H19N3O3S/c1-12-8-10-7-11(17-13-10)9-14-3-2-5-18(15,16)6-4-14/h7,12H,2-6,8-9H2,1H3. The zero-order valence-electron chi connectivity index (χ0n) is 10.6. The summed E-state index contributed by atoms with van der Waals surface area (Å²) in [4.78, 5) is 2.11. The van der Waals surface area contributed by atoms with Crippen molar-refractivity contribution in [2.75, 3.05) is 31.6 Å². The first kappa shape index (κ1) is 13.5. The molecule has 1 aromatic rings. The molecule has 1 fully saturated rings. The average Bonchev–Trinajstić information content (AvgIpc) is 2.66. The van der Waals surface area contributed by atoms with Crippen LogP contribution in [0.4, 0.5) is 0 Å². The van der Waals surface area contributed by atoms with Crippen molar-refractivity contribution >= 4 is 9.84 Å². The van der Waals surface area contributed by atoms with Gasteiger partial charge in [-0.3, -0.25) is 4.90 Å². The summed E-state index contributed by atoms with van der Waals surface area (Å²) in [5.41, 5.74) is 0.870.